The molecule has 5 aliphatic rings. The highest BCUT2D eigenvalue weighted by Crippen LogP contribution is 2.64. The molecule has 18 heavy (non-hydrogen) atoms. The normalized spacial score (nSPS) is 47.1. The maximum atomic E-state index is 6.33. The average Bonchev–Trinajstić information content (AvgIpc) is 2.70. The molecule has 1 N–H and O–H groups in total. The predicted molar refractivity (Wildman–Crippen MR) is 68.6 cm³/mol. The van der Waals surface area contributed by atoms with Gasteiger partial charge in [0, 0.05) is 18.5 Å². The quantitative estimate of drug-likeness (QED) is 0.657. The first-order valence-corrected chi connectivity index (χ1v) is 7.34. The second-order valence-electron chi connectivity index (χ2n) is 6.39. The van der Waals surface area contributed by atoms with Crippen LogP contribution < -0.4 is 5.32 Å². The topological polar surface area (TPSA) is 21.3 Å². The highest BCUT2D eigenvalue weighted by Gasteiger charge is 2.66. The minimum atomic E-state index is 0.342. The van der Waals surface area contributed by atoms with Gasteiger partial charge in [-0.25, -0.2) is 0 Å². The van der Waals surface area contributed by atoms with Gasteiger partial charge in [0.25, 0.3) is 0 Å². The van der Waals surface area contributed by atoms with Gasteiger partial charge in [-0.2, -0.15) is 0 Å². The molecule has 3 aliphatic carbocycles. The molecule has 3 fully saturated rings. The molecule has 0 aromatic heterocycles. The predicted octanol–water partition coefficient (Wildman–Crippen LogP) is 2.49. The van der Waals surface area contributed by atoms with Gasteiger partial charge in [0.15, 0.2) is 0 Å². The van der Waals surface area contributed by atoms with Crippen LogP contribution in [-0.4, -0.2) is 18.7 Å². The van der Waals surface area contributed by atoms with E-state index in [1.807, 2.05) is 0 Å². The second kappa shape index (κ2) is 3.07. The summed E-state index contributed by atoms with van der Waals surface area (Å²) in [4.78, 5) is 0. The van der Waals surface area contributed by atoms with Gasteiger partial charge < -0.3 is 10.1 Å². The summed E-state index contributed by atoms with van der Waals surface area (Å²) >= 11 is 0. The van der Waals surface area contributed by atoms with E-state index in [2.05, 4.69) is 23.5 Å². The van der Waals surface area contributed by atoms with Crippen LogP contribution in [-0.2, 0) is 4.74 Å². The standard InChI is InChI=1S/C16H18NO/c1-3-10-9-12-11-4-2-6-14-16(11,7-8-17-12)15(10)13(5-1)18-14/h1,5,11-12,14,17H,2,4,6-9H2/q+1/t11-,12+,14?,16+/m0/s1. The summed E-state index contributed by atoms with van der Waals surface area (Å²) in [6.45, 7) is 1.16. The van der Waals surface area contributed by atoms with Gasteiger partial charge in [-0.3, -0.25) is 0 Å². The third-order valence-corrected chi connectivity index (χ3v) is 5.85. The first kappa shape index (κ1) is 9.77. The van der Waals surface area contributed by atoms with E-state index in [1.165, 1.54) is 37.0 Å². The Bertz CT molecular complexity index is 515. The summed E-state index contributed by atoms with van der Waals surface area (Å²) in [5.41, 5.74) is 3.33. The molecule has 1 saturated heterocycles. The van der Waals surface area contributed by atoms with Gasteiger partial charge >= 0.3 is 0 Å². The lowest BCUT2D eigenvalue weighted by atomic mass is 9.51. The molecule has 0 aromatic carbocycles. The minimum absolute atomic E-state index is 0.342. The fraction of sp³-hybridized carbons (Fsp3) is 0.625. The Kier molecular flexibility index (Phi) is 1.67. The first-order chi connectivity index (χ1) is 8.89. The largest absolute Gasteiger partial charge is 0.466 e. The number of hydrogen-bond donors (Lipinski definition) is 1. The highest BCUT2D eigenvalue weighted by molar-refractivity contribution is 5.53. The third-order valence-electron chi connectivity index (χ3n) is 5.85. The lowest BCUT2D eigenvalue weighted by Crippen LogP contribution is -2.60. The van der Waals surface area contributed by atoms with Crippen molar-refractivity contribution in [2.75, 3.05) is 6.54 Å². The number of piperidine rings is 1. The molecule has 0 radical (unpaired) electrons. The fourth-order valence-corrected chi connectivity index (χ4v) is 5.31. The summed E-state index contributed by atoms with van der Waals surface area (Å²) < 4.78 is 6.33. The van der Waals surface area contributed by atoms with Gasteiger partial charge in [0.1, 0.15) is 23.3 Å². The number of ether oxygens (including phenoxy) is 1. The molecular formula is C16H18NO+. The Morgan fingerprint density at radius 2 is 2.39 bits per heavy atom. The van der Waals surface area contributed by atoms with Gasteiger partial charge in [0.2, 0.25) is 5.76 Å². The van der Waals surface area contributed by atoms with Crippen molar-refractivity contribution in [3.05, 3.63) is 35.1 Å². The Hall–Kier alpha value is -1.11. The van der Waals surface area contributed by atoms with E-state index < -0.39 is 0 Å². The van der Waals surface area contributed by atoms with Crippen molar-refractivity contribution in [3.63, 3.8) is 0 Å². The lowest BCUT2D eigenvalue weighted by molar-refractivity contribution is -0.0510. The molecule has 1 spiro atoms. The Morgan fingerprint density at radius 3 is 3.39 bits per heavy atom. The lowest BCUT2D eigenvalue weighted by Gasteiger charge is -2.53. The van der Waals surface area contributed by atoms with Gasteiger partial charge in [-0.05, 0) is 38.1 Å². The van der Waals surface area contributed by atoms with Crippen molar-refractivity contribution in [2.45, 2.75) is 44.2 Å². The van der Waals surface area contributed by atoms with Crippen molar-refractivity contribution in [1.29, 1.82) is 0 Å². The van der Waals surface area contributed by atoms with Crippen molar-refractivity contribution in [1.82, 2.24) is 5.32 Å². The van der Waals surface area contributed by atoms with E-state index in [9.17, 15) is 0 Å². The van der Waals surface area contributed by atoms with Gasteiger partial charge in [-0.15, -0.1) is 0 Å². The van der Waals surface area contributed by atoms with Gasteiger partial charge in [-0.1, -0.05) is 0 Å². The van der Waals surface area contributed by atoms with Gasteiger partial charge in [0.05, 0.1) is 11.5 Å². The maximum Gasteiger partial charge on any atom is 0.237 e. The molecule has 5 rings (SSSR count). The van der Waals surface area contributed by atoms with Crippen LogP contribution in [0.1, 0.15) is 32.1 Å². The van der Waals surface area contributed by atoms with E-state index >= 15 is 0 Å². The van der Waals surface area contributed by atoms with Crippen LogP contribution in [0.3, 0.4) is 0 Å². The molecule has 0 aromatic rings. The van der Waals surface area contributed by atoms with E-state index in [4.69, 9.17) is 4.74 Å². The molecule has 1 unspecified atom stereocenters. The third kappa shape index (κ3) is 0.920. The Labute approximate surface area is 108 Å². The fourth-order valence-electron chi connectivity index (χ4n) is 5.31. The molecule has 4 atom stereocenters. The van der Waals surface area contributed by atoms with Crippen LogP contribution in [0.2, 0.25) is 0 Å². The molecule has 2 saturated carbocycles. The first-order valence-electron chi connectivity index (χ1n) is 7.34. The SMILES string of the molecule is [C+]1=C2C[C@H]3NCC[C@]45C2=C(C=C1)OC4CCC[C@@H]35. The summed E-state index contributed by atoms with van der Waals surface area (Å²) in [5.74, 6) is 1.98. The average molecular weight is 240 g/mol. The van der Waals surface area contributed by atoms with E-state index in [1.54, 1.807) is 5.57 Å². The monoisotopic (exact) mass is 240 g/mol. The number of allylic oxidation sites excluding steroid dienone is 3. The van der Waals surface area contributed by atoms with Crippen molar-refractivity contribution < 1.29 is 4.74 Å². The Morgan fingerprint density at radius 1 is 1.39 bits per heavy atom. The van der Waals surface area contributed by atoms with Crippen LogP contribution in [0, 0.1) is 17.4 Å². The molecule has 2 nitrogen and oxygen atoms in total. The summed E-state index contributed by atoms with van der Waals surface area (Å²) in [6.07, 6.45) is 14.5. The summed E-state index contributed by atoms with van der Waals surface area (Å²) in [6, 6.07) is 0.669. The number of nitrogens with one attached hydrogen (secondary N) is 1. The molecule has 2 heterocycles. The van der Waals surface area contributed by atoms with Crippen LogP contribution in [0.5, 0.6) is 0 Å². The van der Waals surface area contributed by atoms with Crippen LogP contribution >= 0.6 is 0 Å². The van der Waals surface area contributed by atoms with Crippen LogP contribution in [0.25, 0.3) is 0 Å². The van der Waals surface area contributed by atoms with Crippen molar-refractivity contribution in [3.8, 4) is 0 Å². The smallest absolute Gasteiger partial charge is 0.237 e. The number of rotatable bonds is 0. The minimum Gasteiger partial charge on any atom is -0.466 e. The Balaban J connectivity index is 1.78. The zero-order valence-electron chi connectivity index (χ0n) is 10.5. The highest BCUT2D eigenvalue weighted by atomic mass is 16.5. The van der Waals surface area contributed by atoms with E-state index in [0.29, 0.717) is 17.6 Å². The van der Waals surface area contributed by atoms with Crippen molar-refractivity contribution in [2.24, 2.45) is 11.3 Å². The zero-order chi connectivity index (χ0) is 11.7. The summed E-state index contributed by atoms with van der Waals surface area (Å²) in [5, 5.41) is 3.75. The summed E-state index contributed by atoms with van der Waals surface area (Å²) in [7, 11) is 0. The second-order valence-corrected chi connectivity index (χ2v) is 6.39. The van der Waals surface area contributed by atoms with Crippen LogP contribution in [0.4, 0.5) is 0 Å². The molecule has 2 bridgehead atoms. The molecule has 0 amide bonds. The van der Waals surface area contributed by atoms with Crippen molar-refractivity contribution >= 4 is 0 Å². The molecule has 2 aliphatic heterocycles. The zero-order valence-corrected chi connectivity index (χ0v) is 10.5. The van der Waals surface area contributed by atoms with E-state index in [0.717, 1.165) is 18.9 Å². The molecular weight excluding hydrogens is 222 g/mol. The number of hydrogen-bond acceptors (Lipinski definition) is 2. The molecule has 92 valence electrons. The van der Waals surface area contributed by atoms with Crippen LogP contribution in [0.15, 0.2) is 29.1 Å². The molecule has 2 heteroatoms. The van der Waals surface area contributed by atoms with E-state index in [-0.39, 0.29) is 0 Å². The maximum absolute atomic E-state index is 6.33.